The van der Waals surface area contributed by atoms with E-state index in [1.165, 1.54) is 0 Å². The number of hydrogen-bond donors (Lipinski definition) is 1. The Bertz CT molecular complexity index is 651. The zero-order valence-corrected chi connectivity index (χ0v) is 13.2. The number of allylic oxidation sites excluding steroid dienone is 2. The van der Waals surface area contributed by atoms with Crippen LogP contribution in [0, 0.1) is 0 Å². The fourth-order valence-corrected chi connectivity index (χ4v) is 2.20. The van der Waals surface area contributed by atoms with Crippen molar-refractivity contribution in [3.63, 3.8) is 0 Å². The molecule has 112 valence electrons. The molecule has 0 amide bonds. The Balaban J connectivity index is 2.37. The molecule has 1 N–H and O–H groups in total. The van der Waals surface area contributed by atoms with Crippen molar-refractivity contribution in [2.24, 2.45) is 0 Å². The predicted molar refractivity (Wildman–Crippen MR) is 91.4 cm³/mol. The van der Waals surface area contributed by atoms with Crippen LogP contribution in [-0.4, -0.2) is 11.1 Å². The molecule has 0 aliphatic rings. The van der Waals surface area contributed by atoms with E-state index in [1.54, 1.807) is 12.2 Å². The Morgan fingerprint density at radius 3 is 1.77 bits per heavy atom. The van der Waals surface area contributed by atoms with Crippen LogP contribution in [0.15, 0.2) is 66.8 Å². The van der Waals surface area contributed by atoms with E-state index in [0.29, 0.717) is 10.0 Å². The highest BCUT2D eigenvalue weighted by Gasteiger charge is 2.04. The molecule has 0 radical (unpaired) electrons. The van der Waals surface area contributed by atoms with Crippen LogP contribution < -0.4 is 0 Å². The lowest BCUT2D eigenvalue weighted by Gasteiger charge is -2.08. The maximum Gasteiger partial charge on any atom is 0.307 e. The number of carboxylic acid groups (broad SMARTS) is 1. The van der Waals surface area contributed by atoms with E-state index in [-0.39, 0.29) is 6.42 Å². The number of carbonyl (C=O) groups is 1. The summed E-state index contributed by atoms with van der Waals surface area (Å²) >= 11 is 11.9. The first-order chi connectivity index (χ1) is 10.6. The van der Waals surface area contributed by atoms with E-state index in [1.807, 2.05) is 54.6 Å². The molecule has 2 aromatic rings. The van der Waals surface area contributed by atoms with Crippen LogP contribution >= 0.6 is 23.2 Å². The summed E-state index contributed by atoms with van der Waals surface area (Å²) in [5.41, 5.74) is 2.95. The summed E-state index contributed by atoms with van der Waals surface area (Å²) in [7, 11) is 0. The normalized spacial score (nSPS) is 10.6. The third-order valence-corrected chi connectivity index (χ3v) is 3.51. The Labute approximate surface area is 139 Å². The van der Waals surface area contributed by atoms with Crippen molar-refractivity contribution >= 4 is 34.7 Å². The van der Waals surface area contributed by atoms with Gasteiger partial charge in [0.15, 0.2) is 0 Å². The van der Waals surface area contributed by atoms with Gasteiger partial charge in [-0.25, -0.2) is 0 Å². The summed E-state index contributed by atoms with van der Waals surface area (Å²) in [6.45, 7) is 0. The van der Waals surface area contributed by atoms with E-state index < -0.39 is 5.97 Å². The molecule has 0 atom stereocenters. The molecular formula is C18H14Cl2O2. The smallest absolute Gasteiger partial charge is 0.307 e. The number of carboxylic acids is 1. The average molecular weight is 333 g/mol. The fraction of sp³-hybridized carbons (Fsp3) is 0.0556. The molecule has 22 heavy (non-hydrogen) atoms. The Morgan fingerprint density at radius 2 is 1.36 bits per heavy atom. The van der Waals surface area contributed by atoms with Gasteiger partial charge in [0.05, 0.1) is 6.42 Å². The summed E-state index contributed by atoms with van der Waals surface area (Å²) in [6.07, 6.45) is 5.22. The molecule has 0 bridgehead atoms. The van der Waals surface area contributed by atoms with Gasteiger partial charge in [-0.05, 0) is 41.0 Å². The molecule has 2 nitrogen and oxygen atoms in total. The zero-order valence-electron chi connectivity index (χ0n) is 11.7. The average Bonchev–Trinajstić information content (AvgIpc) is 2.50. The molecule has 0 unspecified atom stereocenters. The van der Waals surface area contributed by atoms with Crippen LogP contribution in [0.4, 0.5) is 0 Å². The van der Waals surface area contributed by atoms with Crippen molar-refractivity contribution in [3.8, 4) is 0 Å². The number of hydrogen-bond acceptors (Lipinski definition) is 1. The van der Waals surface area contributed by atoms with E-state index in [2.05, 4.69) is 0 Å². The van der Waals surface area contributed by atoms with Crippen molar-refractivity contribution in [1.29, 1.82) is 0 Å². The highest BCUT2D eigenvalue weighted by molar-refractivity contribution is 6.31. The van der Waals surface area contributed by atoms with Gasteiger partial charge in [-0.2, -0.15) is 0 Å². The number of halogens is 2. The van der Waals surface area contributed by atoms with Crippen LogP contribution in [0.5, 0.6) is 0 Å². The summed E-state index contributed by atoms with van der Waals surface area (Å²) in [4.78, 5) is 10.6. The molecular weight excluding hydrogens is 319 g/mol. The van der Waals surface area contributed by atoms with Crippen LogP contribution in [-0.2, 0) is 4.79 Å². The standard InChI is InChI=1S/C18H14Cl2O2/c19-15-9-5-13(6-10-15)17(3-1-2-4-18(21)22)14-7-11-16(20)12-8-14/h1-3,5-12H,4H2,(H,21,22)/b2-1-. The van der Waals surface area contributed by atoms with Gasteiger partial charge in [0.2, 0.25) is 0 Å². The maximum absolute atomic E-state index is 10.6. The van der Waals surface area contributed by atoms with Gasteiger partial charge in [0.25, 0.3) is 0 Å². The summed E-state index contributed by atoms with van der Waals surface area (Å²) in [5, 5.41) is 10.0. The second-order valence-corrected chi connectivity index (χ2v) is 5.49. The highest BCUT2D eigenvalue weighted by atomic mass is 35.5. The first-order valence-electron chi connectivity index (χ1n) is 6.67. The van der Waals surface area contributed by atoms with Gasteiger partial charge in [0, 0.05) is 10.0 Å². The summed E-state index contributed by atoms with van der Waals surface area (Å²) < 4.78 is 0. The first kappa shape index (κ1) is 16.3. The van der Waals surface area contributed by atoms with E-state index in [4.69, 9.17) is 28.3 Å². The van der Waals surface area contributed by atoms with Crippen LogP contribution in [0.25, 0.3) is 5.57 Å². The number of rotatable bonds is 5. The van der Waals surface area contributed by atoms with Gasteiger partial charge in [-0.3, -0.25) is 4.79 Å². The molecule has 2 aromatic carbocycles. The number of benzene rings is 2. The SMILES string of the molecule is O=C(O)C/C=C\C=C(c1ccc(Cl)cc1)c1ccc(Cl)cc1. The van der Waals surface area contributed by atoms with Crippen LogP contribution in [0.2, 0.25) is 10.0 Å². The molecule has 0 heterocycles. The summed E-state index contributed by atoms with van der Waals surface area (Å²) in [5.74, 6) is -0.857. The largest absolute Gasteiger partial charge is 0.481 e. The molecule has 0 spiro atoms. The molecule has 0 aliphatic carbocycles. The van der Waals surface area contributed by atoms with E-state index in [9.17, 15) is 4.79 Å². The van der Waals surface area contributed by atoms with Gasteiger partial charge in [-0.1, -0.05) is 65.7 Å². The Kier molecular flexibility index (Phi) is 5.82. The highest BCUT2D eigenvalue weighted by Crippen LogP contribution is 2.26. The van der Waals surface area contributed by atoms with Crippen molar-refractivity contribution in [2.75, 3.05) is 0 Å². The minimum absolute atomic E-state index is 0.00891. The lowest BCUT2D eigenvalue weighted by Crippen LogP contribution is -1.90. The number of aliphatic carboxylic acids is 1. The molecule has 0 aliphatic heterocycles. The van der Waals surface area contributed by atoms with Crippen molar-refractivity contribution in [2.45, 2.75) is 6.42 Å². The third-order valence-electron chi connectivity index (χ3n) is 3.00. The van der Waals surface area contributed by atoms with Crippen molar-refractivity contribution in [1.82, 2.24) is 0 Å². The fourth-order valence-electron chi connectivity index (χ4n) is 1.95. The van der Waals surface area contributed by atoms with Gasteiger partial charge in [-0.15, -0.1) is 0 Å². The van der Waals surface area contributed by atoms with E-state index in [0.717, 1.165) is 16.7 Å². The third kappa shape index (κ3) is 4.76. The molecule has 0 fully saturated rings. The van der Waals surface area contributed by atoms with Crippen LogP contribution in [0.3, 0.4) is 0 Å². The van der Waals surface area contributed by atoms with E-state index >= 15 is 0 Å². The van der Waals surface area contributed by atoms with Gasteiger partial charge in [0.1, 0.15) is 0 Å². The van der Waals surface area contributed by atoms with Gasteiger partial charge >= 0.3 is 5.97 Å². The lowest BCUT2D eigenvalue weighted by atomic mass is 9.97. The minimum atomic E-state index is -0.857. The molecule has 0 saturated carbocycles. The monoisotopic (exact) mass is 332 g/mol. The quantitative estimate of drug-likeness (QED) is 0.738. The summed E-state index contributed by atoms with van der Waals surface area (Å²) in [6, 6.07) is 15.0. The second-order valence-electron chi connectivity index (χ2n) is 4.62. The molecule has 0 aromatic heterocycles. The predicted octanol–water partition coefficient (Wildman–Crippen LogP) is 5.46. The van der Waals surface area contributed by atoms with Crippen LogP contribution in [0.1, 0.15) is 17.5 Å². The Morgan fingerprint density at radius 1 is 0.909 bits per heavy atom. The molecule has 4 heteroatoms. The molecule has 2 rings (SSSR count). The lowest BCUT2D eigenvalue weighted by molar-refractivity contribution is -0.136. The second kappa shape index (κ2) is 7.83. The maximum atomic E-state index is 10.6. The minimum Gasteiger partial charge on any atom is -0.481 e. The topological polar surface area (TPSA) is 37.3 Å². The first-order valence-corrected chi connectivity index (χ1v) is 7.42. The van der Waals surface area contributed by atoms with Crippen molar-refractivity contribution < 1.29 is 9.90 Å². The molecule has 0 saturated heterocycles. The zero-order chi connectivity index (χ0) is 15.9. The van der Waals surface area contributed by atoms with Gasteiger partial charge < -0.3 is 5.11 Å². The van der Waals surface area contributed by atoms with Crippen molar-refractivity contribution in [3.05, 3.63) is 87.9 Å². The Hall–Kier alpha value is -2.03.